The Morgan fingerprint density at radius 1 is 1.14 bits per heavy atom. The van der Waals surface area contributed by atoms with E-state index in [1.165, 1.54) is 18.5 Å². The number of halogens is 2. The zero-order chi connectivity index (χ0) is 25.3. The van der Waals surface area contributed by atoms with Crippen molar-refractivity contribution in [1.29, 1.82) is 0 Å². The molecule has 1 aliphatic heterocycles. The van der Waals surface area contributed by atoms with E-state index in [4.69, 9.17) is 11.6 Å². The first-order valence-electron chi connectivity index (χ1n) is 11.7. The summed E-state index contributed by atoms with van der Waals surface area (Å²) in [6.45, 7) is 0.599. The second-order valence-corrected chi connectivity index (χ2v) is 11.8. The van der Waals surface area contributed by atoms with Gasteiger partial charge in [0.05, 0.1) is 17.0 Å². The molecule has 190 valence electrons. The normalized spacial score (nSPS) is 23.8. The molecule has 10 nitrogen and oxygen atoms in total. The molecule has 3 aromatic rings. The third-order valence-electron chi connectivity index (χ3n) is 6.67. The zero-order valence-corrected chi connectivity index (χ0v) is 20.8. The van der Waals surface area contributed by atoms with Crippen LogP contribution < -0.4 is 16.0 Å². The summed E-state index contributed by atoms with van der Waals surface area (Å²) in [7, 11) is -3.38. The molecule has 1 aliphatic carbocycles. The second-order valence-electron chi connectivity index (χ2n) is 9.06. The number of aromatic nitrogens is 4. The van der Waals surface area contributed by atoms with Gasteiger partial charge < -0.3 is 16.0 Å². The number of nitrogens with one attached hydrogen (secondary N) is 3. The van der Waals surface area contributed by atoms with Gasteiger partial charge in [-0.3, -0.25) is 4.79 Å². The van der Waals surface area contributed by atoms with E-state index in [2.05, 4.69) is 35.9 Å². The van der Waals surface area contributed by atoms with Gasteiger partial charge in [0.2, 0.25) is 5.95 Å². The smallest absolute Gasteiger partial charge is 0.223 e. The first-order valence-corrected chi connectivity index (χ1v) is 13.8. The number of hydrogen-bond donors (Lipinski definition) is 3. The molecule has 3 heterocycles. The van der Waals surface area contributed by atoms with E-state index in [0.29, 0.717) is 60.7 Å². The van der Waals surface area contributed by atoms with Crippen LogP contribution in [-0.4, -0.2) is 64.3 Å². The largest absolute Gasteiger partial charge is 0.351 e. The summed E-state index contributed by atoms with van der Waals surface area (Å²) in [5, 5.41) is 8.48. The average Bonchev–Trinajstić information content (AvgIpc) is 2.86. The molecule has 1 unspecified atom stereocenters. The molecule has 1 saturated heterocycles. The van der Waals surface area contributed by atoms with Gasteiger partial charge in [-0.25, -0.2) is 32.7 Å². The van der Waals surface area contributed by atoms with E-state index in [1.807, 2.05) is 0 Å². The van der Waals surface area contributed by atoms with Gasteiger partial charge in [-0.05, 0) is 43.9 Å². The molecular formula is C23H25ClFN7O3S. The Morgan fingerprint density at radius 3 is 2.69 bits per heavy atom. The third-order valence-corrected chi connectivity index (χ3v) is 9.00. The Bertz CT molecular complexity index is 1400. The number of hydrogen-bond acceptors (Lipinski definition) is 10. The summed E-state index contributed by atoms with van der Waals surface area (Å²) in [4.78, 5) is 30.3. The van der Waals surface area contributed by atoms with Gasteiger partial charge in [0, 0.05) is 30.7 Å². The molecule has 0 bridgehead atoms. The van der Waals surface area contributed by atoms with E-state index >= 15 is 0 Å². The fraction of sp³-hybridized carbons (Fsp3) is 0.435. The van der Waals surface area contributed by atoms with E-state index in [9.17, 15) is 17.6 Å². The highest BCUT2D eigenvalue weighted by molar-refractivity contribution is 7.92. The number of nitrogens with zero attached hydrogens (tertiary/aromatic N) is 4. The van der Waals surface area contributed by atoms with Crippen LogP contribution in [0.4, 0.5) is 21.8 Å². The number of fused-ring (bicyclic) bond motifs is 1. The highest BCUT2D eigenvalue weighted by Gasteiger charge is 2.39. The third kappa shape index (κ3) is 5.25. The van der Waals surface area contributed by atoms with Gasteiger partial charge in [0.25, 0.3) is 0 Å². The lowest BCUT2D eigenvalue weighted by Crippen LogP contribution is -2.50. The highest BCUT2D eigenvalue weighted by atomic mass is 35.5. The monoisotopic (exact) mass is 533 g/mol. The first-order chi connectivity index (χ1) is 17.3. The SMILES string of the molecule is O=C(C1CCC(Nc2ncc3ncnc(Nc4ccc(F)c(Cl)c4)c3n2)CC1)C1CNCCS1(=O)=O. The number of Topliss-reactive ketones (excluding diaryl/α,β-unsaturated/α-hetero) is 1. The molecule has 2 aliphatic rings. The Morgan fingerprint density at radius 2 is 1.94 bits per heavy atom. The van der Waals surface area contributed by atoms with Crippen LogP contribution in [0.25, 0.3) is 11.0 Å². The number of anilines is 3. The maximum absolute atomic E-state index is 13.5. The van der Waals surface area contributed by atoms with Gasteiger partial charge >= 0.3 is 0 Å². The molecule has 0 spiro atoms. The molecule has 0 radical (unpaired) electrons. The van der Waals surface area contributed by atoms with Crippen LogP contribution in [0.1, 0.15) is 25.7 Å². The minimum Gasteiger partial charge on any atom is -0.351 e. The Kier molecular flexibility index (Phi) is 7.00. The summed E-state index contributed by atoms with van der Waals surface area (Å²) in [6.07, 6.45) is 5.58. The van der Waals surface area contributed by atoms with Crippen molar-refractivity contribution in [2.75, 3.05) is 29.5 Å². The van der Waals surface area contributed by atoms with Crippen molar-refractivity contribution < 1.29 is 17.6 Å². The summed E-state index contributed by atoms with van der Waals surface area (Å²) in [6, 6.07) is 4.31. The number of rotatable bonds is 6. The van der Waals surface area contributed by atoms with E-state index < -0.39 is 20.9 Å². The van der Waals surface area contributed by atoms with Gasteiger partial charge in [0.15, 0.2) is 21.4 Å². The quantitative estimate of drug-likeness (QED) is 0.433. The molecule has 0 amide bonds. The zero-order valence-electron chi connectivity index (χ0n) is 19.2. The number of carbonyl (C=O) groups excluding carboxylic acids is 1. The Balaban J connectivity index is 1.26. The number of ketones is 1. The van der Waals surface area contributed by atoms with Gasteiger partial charge in [-0.2, -0.15) is 0 Å². The van der Waals surface area contributed by atoms with Crippen molar-refractivity contribution in [3.05, 3.63) is 41.6 Å². The predicted molar refractivity (Wildman–Crippen MR) is 135 cm³/mol. The van der Waals surface area contributed by atoms with Crippen molar-refractivity contribution in [3.8, 4) is 0 Å². The summed E-state index contributed by atoms with van der Waals surface area (Å²) < 4.78 is 38.2. The van der Waals surface area contributed by atoms with Crippen LogP contribution in [0.3, 0.4) is 0 Å². The van der Waals surface area contributed by atoms with E-state index in [0.717, 1.165) is 0 Å². The van der Waals surface area contributed by atoms with Gasteiger partial charge in [0.1, 0.15) is 28.4 Å². The fourth-order valence-electron chi connectivity index (χ4n) is 4.69. The van der Waals surface area contributed by atoms with E-state index in [-0.39, 0.29) is 35.1 Å². The topological polar surface area (TPSA) is 139 Å². The van der Waals surface area contributed by atoms with Crippen molar-refractivity contribution in [2.45, 2.75) is 37.0 Å². The van der Waals surface area contributed by atoms with Gasteiger partial charge in [-0.15, -0.1) is 0 Å². The molecule has 2 aromatic heterocycles. The molecule has 13 heteroatoms. The molecule has 36 heavy (non-hydrogen) atoms. The number of benzene rings is 1. The molecule has 1 aromatic carbocycles. The summed E-state index contributed by atoms with van der Waals surface area (Å²) >= 11 is 5.88. The Hall–Kier alpha value is -2.96. The minimum atomic E-state index is -3.38. The number of carbonyl (C=O) groups is 1. The lowest BCUT2D eigenvalue weighted by molar-refractivity contribution is -0.123. The van der Waals surface area contributed by atoms with Gasteiger partial charge in [-0.1, -0.05) is 11.6 Å². The van der Waals surface area contributed by atoms with Crippen LogP contribution in [0.15, 0.2) is 30.7 Å². The fourth-order valence-corrected chi connectivity index (χ4v) is 6.50. The van der Waals surface area contributed by atoms with Crippen molar-refractivity contribution in [2.24, 2.45) is 5.92 Å². The molecule has 1 saturated carbocycles. The average molecular weight is 534 g/mol. The molecule has 3 N–H and O–H groups in total. The lowest BCUT2D eigenvalue weighted by Gasteiger charge is -2.31. The first kappa shape index (κ1) is 24.7. The minimum absolute atomic E-state index is 0.00830. The summed E-state index contributed by atoms with van der Waals surface area (Å²) in [5.74, 6) is -0.120. The van der Waals surface area contributed by atoms with Crippen molar-refractivity contribution >= 4 is 55.7 Å². The second kappa shape index (κ2) is 10.2. The Labute approximate surface area is 212 Å². The maximum atomic E-state index is 13.5. The molecule has 2 fully saturated rings. The molecule has 1 atom stereocenters. The standard InChI is InChI=1S/C23H25ClFN7O3S/c24-16-9-15(5-6-17(16)25)30-22-20-18(28-12-29-22)10-27-23(32-20)31-14-3-1-13(2-4-14)21(33)19-11-26-7-8-36(19,34)35/h5-6,9-10,12-14,19,26H,1-4,7-8,11H2,(H,27,31,32)(H,28,29,30). The van der Waals surface area contributed by atoms with Crippen LogP contribution in [0, 0.1) is 11.7 Å². The maximum Gasteiger partial charge on any atom is 0.223 e. The lowest BCUT2D eigenvalue weighted by atomic mass is 9.82. The van der Waals surface area contributed by atoms with Crippen LogP contribution in [0.5, 0.6) is 0 Å². The molecular weight excluding hydrogens is 509 g/mol. The summed E-state index contributed by atoms with van der Waals surface area (Å²) in [5.41, 5.74) is 1.56. The molecule has 5 rings (SSSR count). The van der Waals surface area contributed by atoms with E-state index in [1.54, 1.807) is 12.3 Å². The number of sulfone groups is 1. The highest BCUT2D eigenvalue weighted by Crippen LogP contribution is 2.30. The van der Waals surface area contributed by atoms with Crippen LogP contribution in [-0.2, 0) is 14.6 Å². The van der Waals surface area contributed by atoms with Crippen molar-refractivity contribution in [3.63, 3.8) is 0 Å². The van der Waals surface area contributed by atoms with Crippen LogP contribution >= 0.6 is 11.6 Å². The van der Waals surface area contributed by atoms with Crippen LogP contribution in [0.2, 0.25) is 5.02 Å². The van der Waals surface area contributed by atoms with Crippen molar-refractivity contribution in [1.82, 2.24) is 25.3 Å². The predicted octanol–water partition coefficient (Wildman–Crippen LogP) is 2.88.